The molecule has 2 aromatic heterocycles. The molecular formula is C26H26N4O3S. The molecule has 2 aliphatic carbocycles. The highest BCUT2D eigenvalue weighted by Gasteiger charge is 2.54. The molecule has 2 aromatic carbocycles. The van der Waals surface area contributed by atoms with Crippen molar-refractivity contribution in [1.82, 2.24) is 15.4 Å². The summed E-state index contributed by atoms with van der Waals surface area (Å²) in [5, 5.41) is 12.4. The predicted octanol–water partition coefficient (Wildman–Crippen LogP) is 4.64. The molecule has 0 aliphatic heterocycles. The number of rotatable bonds is 4. The van der Waals surface area contributed by atoms with Crippen LogP contribution in [-0.4, -0.2) is 30.0 Å². The second kappa shape index (κ2) is 7.56. The van der Waals surface area contributed by atoms with Gasteiger partial charge in [0.1, 0.15) is 5.76 Å². The molecule has 2 aliphatic rings. The van der Waals surface area contributed by atoms with Crippen molar-refractivity contribution in [3.63, 3.8) is 0 Å². The molecule has 0 saturated heterocycles. The summed E-state index contributed by atoms with van der Waals surface area (Å²) in [4.78, 5) is 0. The largest absolute Gasteiger partial charge is 0.361 e. The first-order valence-electron chi connectivity index (χ1n) is 11.5. The van der Waals surface area contributed by atoms with Gasteiger partial charge in [0.25, 0.3) is 0 Å². The predicted molar refractivity (Wildman–Crippen MR) is 130 cm³/mol. The topological polar surface area (TPSA) is 101 Å². The molecule has 0 saturated carbocycles. The molecule has 0 fully saturated rings. The van der Waals surface area contributed by atoms with Crippen LogP contribution in [-0.2, 0) is 28.3 Å². The maximum absolute atomic E-state index is 11.6. The lowest BCUT2D eigenvalue weighted by atomic mass is 9.53. The Morgan fingerprint density at radius 3 is 2.62 bits per heavy atom. The van der Waals surface area contributed by atoms with Crippen LogP contribution in [0.2, 0.25) is 0 Å². The molecule has 3 atom stereocenters. The first kappa shape index (κ1) is 21.2. The van der Waals surface area contributed by atoms with Crippen LogP contribution >= 0.6 is 0 Å². The Labute approximate surface area is 198 Å². The number of H-pyrrole nitrogens is 1. The van der Waals surface area contributed by atoms with Gasteiger partial charge in [-0.25, -0.2) is 8.42 Å². The van der Waals surface area contributed by atoms with Crippen molar-refractivity contribution in [2.75, 3.05) is 11.0 Å². The zero-order chi connectivity index (χ0) is 23.5. The van der Waals surface area contributed by atoms with E-state index in [1.165, 1.54) is 11.1 Å². The first-order chi connectivity index (χ1) is 16.4. The fourth-order valence-electron chi connectivity index (χ4n) is 6.20. The zero-order valence-electron chi connectivity index (χ0n) is 19.1. The van der Waals surface area contributed by atoms with Crippen molar-refractivity contribution in [3.05, 3.63) is 88.9 Å². The summed E-state index contributed by atoms with van der Waals surface area (Å²) in [5.74, 6) is 1.59. The third kappa shape index (κ3) is 3.20. The number of nitrogens with zero attached hydrogens (tertiary/aromatic N) is 2. The zero-order valence-corrected chi connectivity index (χ0v) is 19.9. The van der Waals surface area contributed by atoms with Gasteiger partial charge in [0.15, 0.2) is 0 Å². The summed E-state index contributed by atoms with van der Waals surface area (Å²) >= 11 is 0. The molecule has 4 aromatic rings. The van der Waals surface area contributed by atoms with Gasteiger partial charge in [0.05, 0.1) is 23.8 Å². The second-order valence-electron chi connectivity index (χ2n) is 9.54. The summed E-state index contributed by atoms with van der Waals surface area (Å²) in [6.07, 6.45) is 5.75. The van der Waals surface area contributed by atoms with E-state index in [1.807, 2.05) is 18.3 Å². The van der Waals surface area contributed by atoms with Crippen LogP contribution in [0.15, 0.2) is 65.3 Å². The summed E-state index contributed by atoms with van der Waals surface area (Å²) < 4.78 is 31.3. The lowest BCUT2D eigenvalue weighted by molar-refractivity contribution is 0.190. The number of anilines is 1. The molecule has 0 spiro atoms. The fraction of sp³-hybridized carbons (Fsp3) is 0.308. The highest BCUT2D eigenvalue weighted by molar-refractivity contribution is 7.92. The average molecular weight is 475 g/mol. The summed E-state index contributed by atoms with van der Waals surface area (Å²) in [7, 11) is -3.32. The number of aromatic amines is 1. The Bertz CT molecular complexity index is 1460. The van der Waals surface area contributed by atoms with Gasteiger partial charge in [0, 0.05) is 28.1 Å². The van der Waals surface area contributed by atoms with E-state index in [4.69, 9.17) is 9.62 Å². The number of nitrogens with one attached hydrogen (secondary N) is 2. The minimum Gasteiger partial charge on any atom is -0.361 e. The SMILES string of the molecule is C[C@@H]1c2oncc2C[C@]2(c3ccccc3)c3n[nH]c(-c4ccc(NS(C)(=O)=O)cc4)c3CC[C@@H]12. The Hall–Kier alpha value is -3.39. The van der Waals surface area contributed by atoms with E-state index in [1.54, 1.807) is 12.1 Å². The van der Waals surface area contributed by atoms with Crippen LogP contribution < -0.4 is 4.72 Å². The standard InChI is InChI=1S/C26H26N4O3S/c1-16-22-13-12-21-23(17-8-10-20(11-9-17)30-34(2,31)32)28-29-25(21)26(22,19-6-4-3-5-7-19)14-18-15-27-33-24(16)18/h3-11,15-16,22,30H,12-14H2,1-2H3,(H,28,29)/t16-,22-,26+/m0/s1. The van der Waals surface area contributed by atoms with E-state index in [-0.39, 0.29) is 11.3 Å². The Kier molecular flexibility index (Phi) is 4.71. The summed E-state index contributed by atoms with van der Waals surface area (Å²) in [6.45, 7) is 2.25. The number of aromatic nitrogens is 3. The third-order valence-corrected chi connectivity index (χ3v) is 8.16. The van der Waals surface area contributed by atoms with Gasteiger partial charge >= 0.3 is 0 Å². The van der Waals surface area contributed by atoms with E-state index in [2.05, 4.69) is 52.2 Å². The van der Waals surface area contributed by atoms with Crippen molar-refractivity contribution in [3.8, 4) is 11.3 Å². The average Bonchev–Trinajstić information content (AvgIpc) is 3.47. The molecule has 0 unspecified atom stereocenters. The van der Waals surface area contributed by atoms with Crippen molar-refractivity contribution in [1.29, 1.82) is 0 Å². The molecule has 0 amide bonds. The van der Waals surface area contributed by atoms with Gasteiger partial charge in [-0.1, -0.05) is 54.5 Å². The molecule has 34 heavy (non-hydrogen) atoms. The Morgan fingerprint density at radius 2 is 1.88 bits per heavy atom. The molecule has 0 radical (unpaired) electrons. The van der Waals surface area contributed by atoms with Crippen molar-refractivity contribution >= 4 is 15.7 Å². The van der Waals surface area contributed by atoms with Crippen LogP contribution in [0.4, 0.5) is 5.69 Å². The smallest absolute Gasteiger partial charge is 0.229 e. The van der Waals surface area contributed by atoms with E-state index in [0.29, 0.717) is 11.6 Å². The van der Waals surface area contributed by atoms with Crippen molar-refractivity contribution in [2.45, 2.75) is 37.5 Å². The highest BCUT2D eigenvalue weighted by Crippen LogP contribution is 2.57. The molecule has 6 rings (SSSR count). The summed E-state index contributed by atoms with van der Waals surface area (Å²) in [6, 6.07) is 18.1. The molecule has 0 bridgehead atoms. The minimum absolute atomic E-state index is 0.237. The quantitative estimate of drug-likeness (QED) is 0.449. The van der Waals surface area contributed by atoms with E-state index < -0.39 is 10.0 Å². The monoisotopic (exact) mass is 474 g/mol. The maximum Gasteiger partial charge on any atom is 0.229 e. The Morgan fingerprint density at radius 1 is 1.12 bits per heavy atom. The van der Waals surface area contributed by atoms with Crippen LogP contribution in [0.1, 0.15) is 47.4 Å². The molecule has 7 nitrogen and oxygen atoms in total. The van der Waals surface area contributed by atoms with Gasteiger partial charge in [-0.2, -0.15) is 5.10 Å². The maximum atomic E-state index is 11.6. The van der Waals surface area contributed by atoms with Gasteiger partial charge in [0.2, 0.25) is 10.0 Å². The number of benzene rings is 2. The molecular weight excluding hydrogens is 448 g/mol. The number of sulfonamides is 1. The van der Waals surface area contributed by atoms with Crippen LogP contribution in [0, 0.1) is 5.92 Å². The van der Waals surface area contributed by atoms with E-state index in [9.17, 15) is 8.42 Å². The van der Waals surface area contributed by atoms with Gasteiger partial charge in [-0.05, 0) is 48.4 Å². The van der Waals surface area contributed by atoms with Crippen molar-refractivity contribution in [2.24, 2.45) is 5.92 Å². The first-order valence-corrected chi connectivity index (χ1v) is 13.4. The van der Waals surface area contributed by atoms with Crippen LogP contribution in [0.5, 0.6) is 0 Å². The molecule has 2 heterocycles. The minimum atomic E-state index is -3.32. The summed E-state index contributed by atoms with van der Waals surface area (Å²) in [5.41, 5.74) is 7.02. The molecule has 2 N–H and O–H groups in total. The Balaban J connectivity index is 1.49. The normalized spacial score (nSPS) is 23.6. The van der Waals surface area contributed by atoms with Gasteiger partial charge in [-0.3, -0.25) is 9.82 Å². The van der Waals surface area contributed by atoms with Gasteiger partial charge < -0.3 is 4.52 Å². The van der Waals surface area contributed by atoms with E-state index in [0.717, 1.165) is 53.8 Å². The molecule has 174 valence electrons. The third-order valence-electron chi connectivity index (χ3n) is 7.56. The van der Waals surface area contributed by atoms with Crippen LogP contribution in [0.25, 0.3) is 11.3 Å². The molecule has 8 heteroatoms. The number of fused-ring (bicyclic) bond motifs is 4. The van der Waals surface area contributed by atoms with Gasteiger partial charge in [-0.15, -0.1) is 0 Å². The van der Waals surface area contributed by atoms with Crippen molar-refractivity contribution < 1.29 is 12.9 Å². The number of hydrogen-bond acceptors (Lipinski definition) is 5. The number of hydrogen-bond donors (Lipinski definition) is 2. The fourth-order valence-corrected chi connectivity index (χ4v) is 6.76. The highest BCUT2D eigenvalue weighted by atomic mass is 32.2. The van der Waals surface area contributed by atoms with Crippen LogP contribution in [0.3, 0.4) is 0 Å². The lowest BCUT2D eigenvalue weighted by Crippen LogP contribution is -2.47. The lowest BCUT2D eigenvalue weighted by Gasteiger charge is -2.48. The van der Waals surface area contributed by atoms with E-state index >= 15 is 0 Å². The second-order valence-corrected chi connectivity index (χ2v) is 11.3.